The van der Waals surface area contributed by atoms with Crippen LogP contribution in [0.1, 0.15) is 63.1 Å². The molecule has 34 heavy (non-hydrogen) atoms. The predicted molar refractivity (Wildman–Crippen MR) is 146 cm³/mol. The molecule has 0 saturated heterocycles. The van der Waals surface area contributed by atoms with Crippen LogP contribution < -0.4 is 10.1 Å². The SMILES string of the molecule is C=CCOc1c(NCC/C=C/C(=C/C)/C=C2\CC(C)=C(/C=C\CC)O2)cc(C)c2c1C=CCC2. The molecule has 180 valence electrons. The summed E-state index contributed by atoms with van der Waals surface area (Å²) >= 11 is 0. The van der Waals surface area contributed by atoms with Crippen LogP contribution in [0.5, 0.6) is 5.75 Å². The van der Waals surface area contributed by atoms with Gasteiger partial charge in [-0.2, -0.15) is 0 Å². The van der Waals surface area contributed by atoms with Crippen molar-refractivity contribution in [2.75, 3.05) is 18.5 Å². The highest BCUT2D eigenvalue weighted by Gasteiger charge is 2.18. The topological polar surface area (TPSA) is 30.5 Å². The minimum Gasteiger partial charge on any atom is -0.487 e. The lowest BCUT2D eigenvalue weighted by atomic mass is 9.91. The van der Waals surface area contributed by atoms with Crippen molar-refractivity contribution in [3.05, 3.63) is 101 Å². The molecule has 0 unspecified atom stereocenters. The quantitative estimate of drug-likeness (QED) is 0.206. The molecule has 1 aliphatic heterocycles. The number of ether oxygens (including phenoxy) is 2. The van der Waals surface area contributed by atoms with E-state index in [9.17, 15) is 0 Å². The second kappa shape index (κ2) is 12.9. The first-order chi connectivity index (χ1) is 16.6. The molecule has 2 aliphatic rings. The van der Waals surface area contributed by atoms with Crippen molar-refractivity contribution in [1.29, 1.82) is 0 Å². The van der Waals surface area contributed by atoms with Crippen LogP contribution in [0.2, 0.25) is 0 Å². The Bertz CT molecular complexity index is 1060. The minimum atomic E-state index is 0.504. The highest BCUT2D eigenvalue weighted by molar-refractivity contribution is 5.74. The van der Waals surface area contributed by atoms with Crippen molar-refractivity contribution in [2.45, 2.75) is 59.8 Å². The first kappa shape index (κ1) is 25.4. The van der Waals surface area contributed by atoms with Crippen LogP contribution in [0.3, 0.4) is 0 Å². The van der Waals surface area contributed by atoms with Crippen LogP contribution in [0, 0.1) is 6.92 Å². The molecule has 1 aromatic rings. The highest BCUT2D eigenvalue weighted by Crippen LogP contribution is 2.38. The molecule has 0 aromatic heterocycles. The van der Waals surface area contributed by atoms with Crippen LogP contribution in [0.15, 0.2) is 83.9 Å². The van der Waals surface area contributed by atoms with Crippen LogP contribution in [-0.4, -0.2) is 13.2 Å². The van der Waals surface area contributed by atoms with Crippen LogP contribution >= 0.6 is 0 Å². The Morgan fingerprint density at radius 3 is 2.88 bits per heavy atom. The highest BCUT2D eigenvalue weighted by atomic mass is 16.5. The zero-order valence-electron chi connectivity index (χ0n) is 21.2. The van der Waals surface area contributed by atoms with Gasteiger partial charge in [0.15, 0.2) is 0 Å². The number of aryl methyl sites for hydroxylation is 1. The number of hydrogen-bond donors (Lipinski definition) is 1. The Morgan fingerprint density at radius 1 is 1.26 bits per heavy atom. The molecule has 3 nitrogen and oxygen atoms in total. The average molecular weight is 458 g/mol. The van der Waals surface area contributed by atoms with E-state index in [-0.39, 0.29) is 0 Å². The Hall–Kier alpha value is -3.20. The second-order valence-electron chi connectivity index (χ2n) is 8.75. The summed E-state index contributed by atoms with van der Waals surface area (Å²) in [5.41, 5.74) is 7.42. The largest absolute Gasteiger partial charge is 0.487 e. The average Bonchev–Trinajstić information content (AvgIpc) is 3.20. The van der Waals surface area contributed by atoms with Gasteiger partial charge in [-0.15, -0.1) is 0 Å². The summed E-state index contributed by atoms with van der Waals surface area (Å²) in [6, 6.07) is 2.22. The van der Waals surface area contributed by atoms with Gasteiger partial charge in [0.1, 0.15) is 23.9 Å². The van der Waals surface area contributed by atoms with E-state index in [0.29, 0.717) is 6.61 Å². The van der Waals surface area contributed by atoms with Crippen molar-refractivity contribution in [1.82, 2.24) is 0 Å². The van der Waals surface area contributed by atoms with Crippen molar-refractivity contribution < 1.29 is 9.47 Å². The Balaban J connectivity index is 1.60. The lowest BCUT2D eigenvalue weighted by Gasteiger charge is -2.22. The van der Waals surface area contributed by atoms with Gasteiger partial charge in [-0.05, 0) is 86.9 Å². The first-order valence-corrected chi connectivity index (χ1v) is 12.5. The van der Waals surface area contributed by atoms with E-state index >= 15 is 0 Å². The maximum absolute atomic E-state index is 6.08. The van der Waals surface area contributed by atoms with Gasteiger partial charge in [0.05, 0.1) is 5.69 Å². The Kier molecular flexibility index (Phi) is 9.63. The molecule has 3 heteroatoms. The van der Waals surface area contributed by atoms with Crippen LogP contribution in [0.4, 0.5) is 5.69 Å². The van der Waals surface area contributed by atoms with Gasteiger partial charge in [0.25, 0.3) is 0 Å². The van der Waals surface area contributed by atoms with E-state index in [0.717, 1.165) is 67.2 Å². The number of allylic oxidation sites excluding steroid dienone is 8. The third-order valence-electron chi connectivity index (χ3n) is 6.05. The molecule has 3 rings (SSSR count). The summed E-state index contributed by atoms with van der Waals surface area (Å²) < 4.78 is 12.1. The van der Waals surface area contributed by atoms with Gasteiger partial charge in [0, 0.05) is 18.5 Å². The van der Waals surface area contributed by atoms with Gasteiger partial charge in [-0.25, -0.2) is 0 Å². The minimum absolute atomic E-state index is 0.504. The molecule has 1 aliphatic carbocycles. The summed E-state index contributed by atoms with van der Waals surface area (Å²) in [4.78, 5) is 0. The van der Waals surface area contributed by atoms with E-state index in [1.54, 1.807) is 6.08 Å². The normalized spacial score (nSPS) is 17.1. The summed E-state index contributed by atoms with van der Waals surface area (Å²) in [5.74, 6) is 2.93. The molecule has 0 spiro atoms. The summed E-state index contributed by atoms with van der Waals surface area (Å²) in [6.45, 7) is 13.7. The fourth-order valence-corrected chi connectivity index (χ4v) is 4.25. The maximum atomic E-state index is 6.08. The van der Waals surface area contributed by atoms with E-state index in [4.69, 9.17) is 9.47 Å². The number of benzene rings is 1. The summed E-state index contributed by atoms with van der Waals surface area (Å²) in [7, 11) is 0. The van der Waals surface area contributed by atoms with Crippen molar-refractivity contribution in [3.63, 3.8) is 0 Å². The fourth-order valence-electron chi connectivity index (χ4n) is 4.25. The van der Waals surface area contributed by atoms with E-state index in [2.05, 4.69) is 94.3 Å². The molecule has 1 heterocycles. The van der Waals surface area contributed by atoms with E-state index in [1.165, 1.54) is 22.3 Å². The van der Waals surface area contributed by atoms with E-state index in [1.807, 2.05) is 0 Å². The molecule has 1 N–H and O–H groups in total. The zero-order chi connectivity index (χ0) is 24.3. The van der Waals surface area contributed by atoms with Gasteiger partial charge in [0.2, 0.25) is 0 Å². The van der Waals surface area contributed by atoms with Gasteiger partial charge in [-0.3, -0.25) is 0 Å². The summed E-state index contributed by atoms with van der Waals surface area (Å²) in [6.07, 6.45) is 24.1. The number of rotatable bonds is 11. The lowest BCUT2D eigenvalue weighted by Crippen LogP contribution is -2.09. The number of anilines is 1. The van der Waals surface area contributed by atoms with Crippen molar-refractivity contribution in [3.8, 4) is 5.75 Å². The molecule has 0 radical (unpaired) electrons. The third kappa shape index (κ3) is 6.66. The monoisotopic (exact) mass is 457 g/mol. The molecule has 1 aromatic carbocycles. The molecular weight excluding hydrogens is 418 g/mol. The predicted octanol–water partition coefficient (Wildman–Crippen LogP) is 8.37. The smallest absolute Gasteiger partial charge is 0.150 e. The van der Waals surface area contributed by atoms with Crippen molar-refractivity contribution >= 4 is 11.8 Å². The fraction of sp³-hybridized carbons (Fsp3) is 0.355. The zero-order valence-corrected chi connectivity index (χ0v) is 21.2. The van der Waals surface area contributed by atoms with Crippen molar-refractivity contribution in [2.24, 2.45) is 0 Å². The van der Waals surface area contributed by atoms with Gasteiger partial charge in [-0.1, -0.05) is 56.0 Å². The molecular formula is C31H39NO2. The number of hydrogen-bond acceptors (Lipinski definition) is 3. The van der Waals surface area contributed by atoms with Crippen LogP contribution in [-0.2, 0) is 11.2 Å². The number of fused-ring (bicyclic) bond motifs is 1. The summed E-state index contributed by atoms with van der Waals surface area (Å²) in [5, 5.41) is 3.59. The second-order valence-corrected chi connectivity index (χ2v) is 8.75. The van der Waals surface area contributed by atoms with Gasteiger partial charge >= 0.3 is 0 Å². The molecule has 0 atom stereocenters. The maximum Gasteiger partial charge on any atom is 0.150 e. The molecule has 0 bridgehead atoms. The number of nitrogens with one attached hydrogen (secondary N) is 1. The third-order valence-corrected chi connectivity index (χ3v) is 6.05. The van der Waals surface area contributed by atoms with Crippen LogP contribution in [0.25, 0.3) is 6.08 Å². The lowest BCUT2D eigenvalue weighted by molar-refractivity contribution is 0.337. The Morgan fingerprint density at radius 2 is 2.12 bits per heavy atom. The van der Waals surface area contributed by atoms with E-state index < -0.39 is 0 Å². The standard InChI is InChI=1S/C31H39NO2/c1-6-9-17-30-24(5)20-26(34-30)22-25(8-3)14-12-13-18-32-29-21-23(4)27-15-10-11-16-28(27)31(29)33-19-7-2/h7-9,11-12,14,16-17,21-22,32H,2,6,10,13,15,18-20H2,1,3-5H3/b14-12+,17-9-,25-8-,26-22+. The molecule has 0 fully saturated rings. The molecule has 0 saturated carbocycles. The Labute approximate surface area is 205 Å². The van der Waals surface area contributed by atoms with Gasteiger partial charge < -0.3 is 14.8 Å². The first-order valence-electron chi connectivity index (χ1n) is 12.5. The molecule has 0 amide bonds.